The van der Waals surface area contributed by atoms with Crippen molar-refractivity contribution < 1.29 is 8.76 Å². The number of rotatable bonds is 2. The number of halogens is 1. The number of thiocarbonyl (C=S) groups is 1. The molecule has 2 heterocycles. The molecule has 2 N–H and O–H groups in total. The van der Waals surface area contributed by atoms with Gasteiger partial charge in [-0.2, -0.15) is 4.55 Å². The van der Waals surface area contributed by atoms with Crippen LogP contribution in [0.3, 0.4) is 0 Å². The summed E-state index contributed by atoms with van der Waals surface area (Å²) in [6, 6.07) is 7.58. The minimum absolute atomic E-state index is 0.00250. The van der Waals surface area contributed by atoms with E-state index in [1.165, 1.54) is 0 Å². The van der Waals surface area contributed by atoms with Gasteiger partial charge in [0.1, 0.15) is 12.1 Å². The summed E-state index contributed by atoms with van der Waals surface area (Å²) in [6.45, 7) is 0.639. The van der Waals surface area contributed by atoms with Crippen LogP contribution >= 0.6 is 23.8 Å². The zero-order valence-electron chi connectivity index (χ0n) is 10.1. The van der Waals surface area contributed by atoms with Crippen molar-refractivity contribution in [1.29, 1.82) is 0 Å². The quantitative estimate of drug-likeness (QED) is 0.643. The first kappa shape index (κ1) is 13.3. The third-order valence-corrected chi connectivity index (χ3v) is 5.92. The molecule has 3 atom stereocenters. The van der Waals surface area contributed by atoms with Gasteiger partial charge in [-0.3, -0.25) is 0 Å². The summed E-state index contributed by atoms with van der Waals surface area (Å²) in [4.78, 5) is 2.01. The second kappa shape index (κ2) is 4.70. The maximum atomic E-state index is 11.8. The van der Waals surface area contributed by atoms with Gasteiger partial charge in [-0.25, -0.2) is 0 Å². The molecule has 0 amide bonds. The van der Waals surface area contributed by atoms with Crippen molar-refractivity contribution in [1.82, 2.24) is 10.2 Å². The molecule has 4 nitrogen and oxygen atoms in total. The molecule has 1 aromatic carbocycles. The van der Waals surface area contributed by atoms with Crippen molar-refractivity contribution >= 4 is 39.1 Å². The zero-order chi connectivity index (χ0) is 13.6. The molecule has 2 aliphatic heterocycles. The number of nitrogens with one attached hydrogen (secondary N) is 1. The van der Waals surface area contributed by atoms with Gasteiger partial charge in [0.25, 0.3) is 0 Å². The molecule has 1 unspecified atom stereocenters. The molecule has 19 heavy (non-hydrogen) atoms. The van der Waals surface area contributed by atoms with Gasteiger partial charge < -0.3 is 10.2 Å². The van der Waals surface area contributed by atoms with E-state index in [9.17, 15) is 8.76 Å². The Bertz CT molecular complexity index is 563. The van der Waals surface area contributed by atoms with Crippen LogP contribution in [0.5, 0.6) is 0 Å². The standard InChI is InChI=1S/C12H13ClN2O2S2/c13-9-3-1-8(2-4-9)5-15-11-7-19(16,17)6-10(11)14-12(15)18/h1-4,10-11H,5-7H2,(H-,14,16,17,18)/p+1/t10-,11-/m1/s1. The first-order valence-corrected chi connectivity index (χ1v) is 8.62. The molecule has 1 aromatic rings. The van der Waals surface area contributed by atoms with Gasteiger partial charge in [0.2, 0.25) is 10.2 Å². The lowest BCUT2D eigenvalue weighted by molar-refractivity contribution is 0.348. The molecule has 7 heteroatoms. The number of hydrogen-bond donors (Lipinski definition) is 2. The maximum Gasteiger partial charge on any atom is 0.218 e. The lowest BCUT2D eigenvalue weighted by Gasteiger charge is -2.22. The average molecular weight is 318 g/mol. The van der Waals surface area contributed by atoms with Crippen molar-refractivity contribution in [2.45, 2.75) is 18.6 Å². The molecule has 0 aliphatic carbocycles. The lowest BCUT2D eigenvalue weighted by Crippen LogP contribution is -2.36. The van der Waals surface area contributed by atoms with Crippen molar-refractivity contribution in [3.8, 4) is 0 Å². The van der Waals surface area contributed by atoms with Gasteiger partial charge in [-0.15, -0.1) is 0 Å². The summed E-state index contributed by atoms with van der Waals surface area (Å²) in [7, 11) is -2.70. The van der Waals surface area contributed by atoms with E-state index in [4.69, 9.17) is 23.8 Å². The molecule has 0 saturated carbocycles. The number of hydrogen-bond acceptors (Lipinski definition) is 2. The van der Waals surface area contributed by atoms with Crippen molar-refractivity contribution in [2.24, 2.45) is 0 Å². The monoisotopic (exact) mass is 317 g/mol. The third-order valence-electron chi connectivity index (χ3n) is 3.57. The van der Waals surface area contributed by atoms with Crippen LogP contribution in [0.2, 0.25) is 5.02 Å². The van der Waals surface area contributed by atoms with Crippen LogP contribution in [0, 0.1) is 0 Å². The molecule has 0 spiro atoms. The smallest absolute Gasteiger partial charge is 0.218 e. The third kappa shape index (κ3) is 2.63. The zero-order valence-corrected chi connectivity index (χ0v) is 12.5. The summed E-state index contributed by atoms with van der Waals surface area (Å²) in [5, 5.41) is 4.51. The van der Waals surface area contributed by atoms with E-state index >= 15 is 0 Å². The minimum Gasteiger partial charge on any atom is -0.353 e. The van der Waals surface area contributed by atoms with Gasteiger partial charge in [0.05, 0.1) is 0 Å². The fraction of sp³-hybridized carbons (Fsp3) is 0.417. The Labute approximate surface area is 123 Å². The number of nitrogens with zero attached hydrogens (tertiary/aromatic N) is 1. The van der Waals surface area contributed by atoms with E-state index in [0.717, 1.165) is 5.56 Å². The SMILES string of the molecule is O=[S+]1(O)C[C@@H]2[C@@H](C1)NC(=S)N2Cc1ccc(Cl)cc1. The van der Waals surface area contributed by atoms with E-state index in [2.05, 4.69) is 5.32 Å². The van der Waals surface area contributed by atoms with E-state index in [0.29, 0.717) is 22.4 Å². The minimum atomic E-state index is -2.70. The summed E-state index contributed by atoms with van der Waals surface area (Å²) < 4.78 is 21.5. The average Bonchev–Trinajstić information content (AvgIpc) is 2.75. The van der Waals surface area contributed by atoms with Crippen molar-refractivity contribution in [3.63, 3.8) is 0 Å². The molecular formula is C12H14ClN2O2S2+. The Hall–Kier alpha value is -0.690. The summed E-state index contributed by atoms with van der Waals surface area (Å²) in [5.74, 6) is 0.577. The first-order valence-electron chi connectivity index (χ1n) is 5.98. The van der Waals surface area contributed by atoms with Crippen LogP contribution < -0.4 is 5.32 Å². The second-order valence-corrected chi connectivity index (χ2v) is 8.02. The molecule has 0 radical (unpaired) electrons. The highest BCUT2D eigenvalue weighted by atomic mass is 35.5. The molecule has 0 aromatic heterocycles. The predicted octanol–water partition coefficient (Wildman–Crippen LogP) is 1.75. The molecule has 2 saturated heterocycles. The van der Waals surface area contributed by atoms with Crippen molar-refractivity contribution in [2.75, 3.05) is 11.5 Å². The van der Waals surface area contributed by atoms with E-state index in [1.807, 2.05) is 29.2 Å². The van der Waals surface area contributed by atoms with Gasteiger partial charge in [-0.1, -0.05) is 27.9 Å². The van der Waals surface area contributed by atoms with Crippen LogP contribution in [0.25, 0.3) is 0 Å². The molecular weight excluding hydrogens is 304 g/mol. The Kier molecular flexibility index (Phi) is 3.29. The molecule has 0 bridgehead atoms. The van der Waals surface area contributed by atoms with E-state index < -0.39 is 10.2 Å². The van der Waals surface area contributed by atoms with Crippen LogP contribution in [-0.4, -0.2) is 38.2 Å². The normalized spacial score (nSPS) is 33.4. The Balaban J connectivity index is 1.78. The van der Waals surface area contributed by atoms with Gasteiger partial charge >= 0.3 is 0 Å². The largest absolute Gasteiger partial charge is 0.353 e. The second-order valence-electron chi connectivity index (χ2n) is 4.98. The molecule has 2 fully saturated rings. The van der Waals surface area contributed by atoms with Crippen molar-refractivity contribution in [3.05, 3.63) is 34.9 Å². The van der Waals surface area contributed by atoms with Gasteiger partial charge in [-0.05, 0) is 29.9 Å². The summed E-state index contributed by atoms with van der Waals surface area (Å²) in [6.07, 6.45) is 0. The highest BCUT2D eigenvalue weighted by molar-refractivity contribution is 7.98. The van der Waals surface area contributed by atoms with E-state index in [-0.39, 0.29) is 17.8 Å². The van der Waals surface area contributed by atoms with Gasteiger partial charge in [0, 0.05) is 11.6 Å². The summed E-state index contributed by atoms with van der Waals surface area (Å²) >= 11 is 11.2. The van der Waals surface area contributed by atoms with Gasteiger partial charge in [0.15, 0.2) is 16.6 Å². The Morgan fingerprint density at radius 2 is 2.11 bits per heavy atom. The fourth-order valence-corrected chi connectivity index (χ4v) is 5.08. The van der Waals surface area contributed by atoms with Crippen LogP contribution in [0.4, 0.5) is 0 Å². The first-order chi connectivity index (χ1) is 8.94. The topological polar surface area (TPSA) is 52.6 Å². The highest BCUT2D eigenvalue weighted by Gasteiger charge is 2.53. The number of benzene rings is 1. The predicted molar refractivity (Wildman–Crippen MR) is 80.7 cm³/mol. The molecule has 102 valence electrons. The van der Waals surface area contributed by atoms with Crippen LogP contribution in [0.1, 0.15) is 5.56 Å². The maximum absolute atomic E-state index is 11.8. The Morgan fingerprint density at radius 1 is 1.42 bits per heavy atom. The highest BCUT2D eigenvalue weighted by Crippen LogP contribution is 2.28. The molecule has 2 aliphatic rings. The Morgan fingerprint density at radius 3 is 2.79 bits per heavy atom. The lowest BCUT2D eigenvalue weighted by atomic mass is 10.1. The number of fused-ring (bicyclic) bond motifs is 1. The van der Waals surface area contributed by atoms with E-state index in [1.54, 1.807) is 0 Å². The summed E-state index contributed by atoms with van der Waals surface area (Å²) in [5.41, 5.74) is 1.09. The van der Waals surface area contributed by atoms with Crippen LogP contribution in [0.15, 0.2) is 24.3 Å². The molecule has 3 rings (SSSR count). The van der Waals surface area contributed by atoms with Crippen LogP contribution in [-0.2, 0) is 21.0 Å². The fourth-order valence-electron chi connectivity index (χ4n) is 2.66.